The predicted molar refractivity (Wildman–Crippen MR) is 127 cm³/mol. The maximum Gasteiger partial charge on any atom is 0.356 e. The SMILES string of the molecule is COCC1CCN(Cc2cc(C(=O)OC)nc3c2c(C2CCC2)nn3-c2ccc(F)cc2)CC1. The summed E-state index contributed by atoms with van der Waals surface area (Å²) in [5.74, 6) is 0.191. The van der Waals surface area contributed by atoms with E-state index in [1.165, 1.54) is 25.7 Å². The number of rotatable bonds is 7. The van der Waals surface area contributed by atoms with Crippen LogP contribution in [0.3, 0.4) is 0 Å². The van der Waals surface area contributed by atoms with Gasteiger partial charge in [-0.3, -0.25) is 4.90 Å². The minimum atomic E-state index is -0.473. The van der Waals surface area contributed by atoms with Crippen molar-refractivity contribution in [2.75, 3.05) is 33.9 Å². The minimum absolute atomic E-state index is 0.266. The van der Waals surface area contributed by atoms with E-state index in [1.807, 2.05) is 6.07 Å². The van der Waals surface area contributed by atoms with E-state index in [9.17, 15) is 9.18 Å². The van der Waals surface area contributed by atoms with Crippen LogP contribution in [0.4, 0.5) is 4.39 Å². The molecule has 2 aliphatic rings. The van der Waals surface area contributed by atoms with Gasteiger partial charge in [-0.1, -0.05) is 6.42 Å². The maximum absolute atomic E-state index is 13.6. The summed E-state index contributed by atoms with van der Waals surface area (Å²) in [6.07, 6.45) is 5.56. The zero-order chi connectivity index (χ0) is 23.7. The smallest absolute Gasteiger partial charge is 0.356 e. The average molecular weight is 467 g/mol. The van der Waals surface area contributed by atoms with Crippen LogP contribution in [0.25, 0.3) is 16.7 Å². The molecular weight excluding hydrogens is 435 g/mol. The molecule has 34 heavy (non-hydrogen) atoms. The molecule has 1 aromatic carbocycles. The Hall–Kier alpha value is -2.84. The van der Waals surface area contributed by atoms with Crippen molar-refractivity contribution in [2.45, 2.75) is 44.6 Å². The molecule has 1 aliphatic heterocycles. The van der Waals surface area contributed by atoms with Crippen molar-refractivity contribution in [2.24, 2.45) is 5.92 Å². The summed E-state index contributed by atoms with van der Waals surface area (Å²) in [4.78, 5) is 19.7. The van der Waals surface area contributed by atoms with Crippen molar-refractivity contribution in [1.29, 1.82) is 0 Å². The Kier molecular flexibility index (Phi) is 6.61. The first-order chi connectivity index (χ1) is 16.6. The average Bonchev–Trinajstić information content (AvgIpc) is 3.18. The maximum atomic E-state index is 13.6. The van der Waals surface area contributed by atoms with Crippen LogP contribution < -0.4 is 0 Å². The van der Waals surface area contributed by atoms with Crippen LogP contribution in [0.15, 0.2) is 30.3 Å². The van der Waals surface area contributed by atoms with E-state index in [0.717, 1.165) is 74.3 Å². The number of hydrogen-bond donors (Lipinski definition) is 0. The number of piperidine rings is 1. The van der Waals surface area contributed by atoms with Crippen LogP contribution in [0, 0.1) is 11.7 Å². The summed E-state index contributed by atoms with van der Waals surface area (Å²) in [7, 11) is 3.13. The summed E-state index contributed by atoms with van der Waals surface area (Å²) in [5, 5.41) is 5.99. The Morgan fingerprint density at radius 1 is 1.12 bits per heavy atom. The standard InChI is InChI=1S/C26H31FN4O3/c1-33-16-17-10-12-30(13-11-17)15-19-14-22(26(32)34-2)28-25-23(19)24(18-4-3-5-18)29-31(25)21-8-6-20(27)7-9-21/h6-9,14,17-18H,3-5,10-13,15-16H2,1-2H3. The lowest BCUT2D eigenvalue weighted by molar-refractivity contribution is 0.0594. The highest BCUT2D eigenvalue weighted by Gasteiger charge is 2.30. The third-order valence-electron chi connectivity index (χ3n) is 7.21. The molecule has 1 saturated carbocycles. The number of benzene rings is 1. The van der Waals surface area contributed by atoms with Gasteiger partial charge >= 0.3 is 5.97 Å². The van der Waals surface area contributed by atoms with E-state index in [-0.39, 0.29) is 11.5 Å². The lowest BCUT2D eigenvalue weighted by Gasteiger charge is -2.32. The topological polar surface area (TPSA) is 69.5 Å². The molecule has 0 radical (unpaired) electrons. The normalized spacial score (nSPS) is 17.7. The fourth-order valence-corrected chi connectivity index (χ4v) is 5.07. The Labute approximate surface area is 198 Å². The van der Waals surface area contributed by atoms with Crippen LogP contribution >= 0.6 is 0 Å². The largest absolute Gasteiger partial charge is 0.464 e. The number of ether oxygens (including phenoxy) is 2. The van der Waals surface area contributed by atoms with Crippen molar-refractivity contribution in [1.82, 2.24) is 19.7 Å². The van der Waals surface area contributed by atoms with Gasteiger partial charge in [0.15, 0.2) is 11.3 Å². The summed E-state index contributed by atoms with van der Waals surface area (Å²) in [6.45, 7) is 3.49. The van der Waals surface area contributed by atoms with Crippen molar-refractivity contribution in [3.8, 4) is 5.69 Å². The highest BCUT2D eigenvalue weighted by molar-refractivity contribution is 5.93. The molecule has 2 fully saturated rings. The molecule has 0 spiro atoms. The Balaban J connectivity index is 1.60. The summed E-state index contributed by atoms with van der Waals surface area (Å²) >= 11 is 0. The Morgan fingerprint density at radius 3 is 2.47 bits per heavy atom. The minimum Gasteiger partial charge on any atom is -0.464 e. The van der Waals surface area contributed by atoms with Crippen LogP contribution in [-0.2, 0) is 16.0 Å². The van der Waals surface area contributed by atoms with Gasteiger partial charge in [0.2, 0.25) is 0 Å². The van der Waals surface area contributed by atoms with Gasteiger partial charge in [-0.25, -0.2) is 18.9 Å². The van der Waals surface area contributed by atoms with Gasteiger partial charge < -0.3 is 9.47 Å². The molecule has 0 unspecified atom stereocenters. The third-order valence-corrected chi connectivity index (χ3v) is 7.21. The fourth-order valence-electron chi connectivity index (χ4n) is 5.07. The quantitative estimate of drug-likeness (QED) is 0.479. The first-order valence-corrected chi connectivity index (χ1v) is 12.1. The van der Waals surface area contributed by atoms with Gasteiger partial charge in [-0.05, 0) is 80.6 Å². The van der Waals surface area contributed by atoms with Crippen LogP contribution in [0.1, 0.15) is 59.8 Å². The van der Waals surface area contributed by atoms with Crippen LogP contribution in [0.5, 0.6) is 0 Å². The van der Waals surface area contributed by atoms with Crippen molar-refractivity contribution in [3.05, 3.63) is 53.1 Å². The fraction of sp³-hybridized carbons (Fsp3) is 0.500. The van der Waals surface area contributed by atoms with Gasteiger partial charge in [0.1, 0.15) is 5.82 Å². The number of nitrogens with zero attached hydrogens (tertiary/aromatic N) is 4. The number of esters is 1. The monoisotopic (exact) mass is 466 g/mol. The van der Waals surface area contributed by atoms with E-state index in [1.54, 1.807) is 23.9 Å². The first kappa shape index (κ1) is 22.9. The number of aromatic nitrogens is 3. The summed E-state index contributed by atoms with van der Waals surface area (Å²) in [5.41, 5.74) is 3.69. The van der Waals surface area contributed by atoms with E-state index in [0.29, 0.717) is 17.5 Å². The number of halogens is 1. The van der Waals surface area contributed by atoms with Gasteiger partial charge in [0, 0.05) is 31.6 Å². The molecule has 0 bridgehead atoms. The second-order valence-electron chi connectivity index (χ2n) is 9.43. The number of methoxy groups -OCH3 is 2. The van der Waals surface area contributed by atoms with Crippen molar-refractivity contribution in [3.63, 3.8) is 0 Å². The number of likely N-dealkylation sites (tertiary alicyclic amines) is 1. The molecule has 0 amide bonds. The molecule has 1 aliphatic carbocycles. The molecule has 8 heteroatoms. The number of fused-ring (bicyclic) bond motifs is 1. The molecule has 3 heterocycles. The highest BCUT2D eigenvalue weighted by atomic mass is 19.1. The second-order valence-corrected chi connectivity index (χ2v) is 9.43. The molecular formula is C26H31FN4O3. The van der Waals surface area contributed by atoms with Gasteiger partial charge in [-0.15, -0.1) is 0 Å². The molecule has 0 atom stereocenters. The molecule has 7 nitrogen and oxygen atoms in total. The lowest BCUT2D eigenvalue weighted by atomic mass is 9.81. The van der Waals surface area contributed by atoms with Gasteiger partial charge in [0.05, 0.1) is 18.5 Å². The lowest BCUT2D eigenvalue weighted by Crippen LogP contribution is -2.34. The third kappa shape index (κ3) is 4.44. The Bertz CT molecular complexity index is 1160. The van der Waals surface area contributed by atoms with Crippen LogP contribution in [0.2, 0.25) is 0 Å². The second kappa shape index (κ2) is 9.80. The van der Waals surface area contributed by atoms with Gasteiger partial charge in [0.25, 0.3) is 0 Å². The summed E-state index contributed by atoms with van der Waals surface area (Å²) < 4.78 is 25.7. The zero-order valence-electron chi connectivity index (χ0n) is 19.8. The highest BCUT2D eigenvalue weighted by Crippen LogP contribution is 2.41. The molecule has 3 aromatic rings. The molecule has 180 valence electrons. The first-order valence-electron chi connectivity index (χ1n) is 12.1. The Morgan fingerprint density at radius 2 is 1.85 bits per heavy atom. The van der Waals surface area contributed by atoms with E-state index < -0.39 is 5.97 Å². The van der Waals surface area contributed by atoms with Gasteiger partial charge in [-0.2, -0.15) is 5.10 Å². The molecule has 5 rings (SSSR count). The summed E-state index contributed by atoms with van der Waals surface area (Å²) in [6, 6.07) is 8.09. The number of pyridine rings is 1. The molecule has 0 N–H and O–H groups in total. The predicted octanol–water partition coefficient (Wildman–Crippen LogP) is 4.47. The van der Waals surface area contributed by atoms with Crippen LogP contribution in [-0.4, -0.2) is 59.5 Å². The molecule has 1 saturated heterocycles. The zero-order valence-corrected chi connectivity index (χ0v) is 19.8. The van der Waals surface area contributed by atoms with E-state index >= 15 is 0 Å². The van der Waals surface area contributed by atoms with E-state index in [4.69, 9.17) is 19.6 Å². The molecule has 2 aromatic heterocycles. The number of carbonyl (C=O) groups is 1. The van der Waals surface area contributed by atoms with Crippen molar-refractivity contribution < 1.29 is 18.7 Å². The van der Waals surface area contributed by atoms with E-state index in [2.05, 4.69) is 4.90 Å². The van der Waals surface area contributed by atoms with Crippen molar-refractivity contribution >= 4 is 17.0 Å². The number of hydrogen-bond acceptors (Lipinski definition) is 6. The number of carbonyl (C=O) groups excluding carboxylic acids is 1.